The van der Waals surface area contributed by atoms with Crippen molar-refractivity contribution in [3.8, 4) is 0 Å². The number of rotatable bonds is 2. The summed E-state index contributed by atoms with van der Waals surface area (Å²) >= 11 is 1.31. The average Bonchev–Trinajstić information content (AvgIpc) is 1.65. The maximum atomic E-state index is 2.38. The molecule has 0 bridgehead atoms. The summed E-state index contributed by atoms with van der Waals surface area (Å²) < 4.78 is 2.38. The van der Waals surface area contributed by atoms with E-state index in [1.807, 2.05) is 0 Å². The van der Waals surface area contributed by atoms with E-state index in [9.17, 15) is 0 Å². The van der Waals surface area contributed by atoms with Crippen LogP contribution in [-0.4, -0.2) is 16.7 Å². The van der Waals surface area contributed by atoms with Gasteiger partial charge in [-0.05, 0) is 0 Å². The van der Waals surface area contributed by atoms with Gasteiger partial charge in [-0.25, -0.2) is 0 Å². The van der Waals surface area contributed by atoms with Crippen LogP contribution in [0.5, 0.6) is 0 Å². The third-order valence-electron chi connectivity index (χ3n) is 0.894. The Morgan fingerprint density at radius 3 is 1.67 bits per heavy atom. The van der Waals surface area contributed by atoms with Gasteiger partial charge in [-0.15, -0.1) is 0 Å². The molecular weight excluding hydrogens is 127 g/mol. The Labute approximate surface area is 49.7 Å². The fraction of sp³-hybridized carbons (Fsp3) is 1.00. The van der Waals surface area contributed by atoms with Gasteiger partial charge in [-0.3, -0.25) is 0 Å². The molecule has 0 radical (unpaired) electrons. The normalized spacial score (nSPS) is 10.2. The first-order valence-corrected chi connectivity index (χ1v) is 3.69. The van der Waals surface area contributed by atoms with E-state index in [2.05, 4.69) is 17.5 Å². The fourth-order valence-corrected chi connectivity index (χ4v) is 0.224. The van der Waals surface area contributed by atoms with Gasteiger partial charge in [-0.2, -0.15) is 0 Å². The third-order valence-corrected chi connectivity index (χ3v) is 2.77. The molecule has 1 nitrogen and oxygen atoms in total. The average molecular weight is 138 g/mol. The van der Waals surface area contributed by atoms with Crippen molar-refractivity contribution < 1.29 is 18.5 Å². The molecule has 2 heteroatoms. The molecule has 0 aliphatic heterocycles. The zero-order valence-electron chi connectivity index (χ0n) is 4.57. The summed E-state index contributed by atoms with van der Waals surface area (Å²) in [6, 6.07) is 0. The van der Waals surface area contributed by atoms with E-state index in [0.29, 0.717) is 0 Å². The Balaban J connectivity index is 2.75. The molecule has 0 fully saturated rings. The number of hydrogen-bond donors (Lipinski definition) is 0. The minimum absolute atomic E-state index is 1.22. The van der Waals surface area contributed by atoms with Gasteiger partial charge in [0.2, 0.25) is 0 Å². The summed E-state index contributed by atoms with van der Waals surface area (Å²) in [5.41, 5.74) is 0. The van der Waals surface area contributed by atoms with Crippen LogP contribution in [0, 0.1) is 0 Å². The molecule has 0 spiro atoms. The van der Waals surface area contributed by atoms with Gasteiger partial charge >= 0.3 is 49.1 Å². The van der Waals surface area contributed by atoms with Crippen molar-refractivity contribution >= 4 is 0 Å². The summed E-state index contributed by atoms with van der Waals surface area (Å²) in [7, 11) is 0. The van der Waals surface area contributed by atoms with E-state index >= 15 is 0 Å². The van der Waals surface area contributed by atoms with Gasteiger partial charge in [0.25, 0.3) is 0 Å². The van der Waals surface area contributed by atoms with Crippen LogP contribution in [0.4, 0.5) is 0 Å². The molecule has 0 saturated heterocycles. The van der Waals surface area contributed by atoms with Crippen molar-refractivity contribution in [3.05, 3.63) is 0 Å². The Morgan fingerprint density at radius 1 is 1.33 bits per heavy atom. The molecular formula is C4H10NZn. The first-order valence-electron chi connectivity index (χ1n) is 2.36. The molecule has 0 N–H and O–H groups in total. The summed E-state index contributed by atoms with van der Waals surface area (Å²) in [6.45, 7) is 6.81. The predicted octanol–water partition coefficient (Wildman–Crippen LogP) is 0.790. The topological polar surface area (TPSA) is 3.24 Å². The molecule has 33 valence electrons. The predicted molar refractivity (Wildman–Crippen MR) is 22.9 cm³/mol. The molecule has 0 saturated carbocycles. The molecule has 0 atom stereocenters. The Bertz CT molecular complexity index is 26.7. The van der Waals surface area contributed by atoms with Gasteiger partial charge in [-0.1, -0.05) is 0 Å². The second-order valence-electron chi connectivity index (χ2n) is 1.30. The maximum absolute atomic E-state index is 2.38. The summed E-state index contributed by atoms with van der Waals surface area (Å²) in [5.74, 6) is 0. The Hall–Kier alpha value is 0.583. The van der Waals surface area contributed by atoms with Crippen LogP contribution in [0.2, 0.25) is 0 Å². The second-order valence-corrected chi connectivity index (χ2v) is 3.18. The SMILES string of the molecule is CC[N]([Zn])CC. The second kappa shape index (κ2) is 3.76. The molecule has 0 rings (SSSR count). The van der Waals surface area contributed by atoms with E-state index in [-0.39, 0.29) is 0 Å². The van der Waals surface area contributed by atoms with Gasteiger partial charge in [0.05, 0.1) is 0 Å². The molecule has 6 heavy (non-hydrogen) atoms. The van der Waals surface area contributed by atoms with Crippen molar-refractivity contribution in [3.63, 3.8) is 0 Å². The van der Waals surface area contributed by atoms with Crippen LogP contribution in [0.15, 0.2) is 0 Å². The molecule has 0 aliphatic rings. The van der Waals surface area contributed by atoms with E-state index in [4.69, 9.17) is 0 Å². The third kappa shape index (κ3) is 2.80. The molecule has 0 aromatic carbocycles. The summed E-state index contributed by atoms with van der Waals surface area (Å²) in [4.78, 5) is 0. The monoisotopic (exact) mass is 136 g/mol. The van der Waals surface area contributed by atoms with Crippen molar-refractivity contribution in [2.75, 3.05) is 13.1 Å². The first-order chi connectivity index (χ1) is 2.81. The van der Waals surface area contributed by atoms with Crippen molar-refractivity contribution in [2.45, 2.75) is 13.8 Å². The van der Waals surface area contributed by atoms with E-state index in [1.165, 1.54) is 31.6 Å². The zero-order chi connectivity index (χ0) is 4.99. The van der Waals surface area contributed by atoms with E-state index in [0.717, 1.165) is 0 Å². The van der Waals surface area contributed by atoms with Gasteiger partial charge in [0.15, 0.2) is 0 Å². The first kappa shape index (κ1) is 6.58. The molecule has 0 heterocycles. The van der Waals surface area contributed by atoms with Crippen LogP contribution < -0.4 is 0 Å². The number of hydrogen-bond acceptors (Lipinski definition) is 1. The van der Waals surface area contributed by atoms with Crippen molar-refractivity contribution in [1.29, 1.82) is 0 Å². The van der Waals surface area contributed by atoms with Crippen LogP contribution in [0.25, 0.3) is 0 Å². The van der Waals surface area contributed by atoms with Crippen molar-refractivity contribution in [1.82, 2.24) is 3.64 Å². The van der Waals surface area contributed by atoms with Gasteiger partial charge < -0.3 is 0 Å². The van der Waals surface area contributed by atoms with Crippen LogP contribution in [0.1, 0.15) is 13.8 Å². The molecule has 0 aromatic rings. The minimum atomic E-state index is 1.22. The Morgan fingerprint density at radius 2 is 1.67 bits per heavy atom. The van der Waals surface area contributed by atoms with Crippen LogP contribution >= 0.6 is 0 Å². The molecule has 0 aromatic heterocycles. The molecule has 0 aliphatic carbocycles. The number of nitrogens with zero attached hydrogens (tertiary/aromatic N) is 1. The molecule has 0 amide bonds. The van der Waals surface area contributed by atoms with Gasteiger partial charge in [0.1, 0.15) is 0 Å². The summed E-state index contributed by atoms with van der Waals surface area (Å²) in [5, 5.41) is 0. The zero-order valence-corrected chi connectivity index (χ0v) is 7.54. The fourth-order valence-electron chi connectivity index (χ4n) is 0.224. The van der Waals surface area contributed by atoms with E-state index < -0.39 is 0 Å². The van der Waals surface area contributed by atoms with Crippen LogP contribution in [0.3, 0.4) is 0 Å². The Kier molecular flexibility index (Phi) is 4.13. The van der Waals surface area contributed by atoms with E-state index in [1.54, 1.807) is 0 Å². The van der Waals surface area contributed by atoms with Gasteiger partial charge in [0, 0.05) is 0 Å². The standard InChI is InChI=1S/C4H10N.Zn/c1-3-5-4-2;/h3-4H2,1-2H3;/q-1;+1. The van der Waals surface area contributed by atoms with Crippen LogP contribution in [-0.2, 0) is 18.5 Å². The molecule has 0 unspecified atom stereocenters. The quantitative estimate of drug-likeness (QED) is 0.509. The summed E-state index contributed by atoms with van der Waals surface area (Å²) in [6.07, 6.45) is 0. The van der Waals surface area contributed by atoms with Crippen molar-refractivity contribution in [2.24, 2.45) is 0 Å².